The van der Waals surface area contributed by atoms with E-state index in [9.17, 15) is 14.9 Å². The molecule has 0 aliphatic rings. The van der Waals surface area contributed by atoms with Gasteiger partial charge in [0.25, 0.3) is 5.56 Å². The average Bonchev–Trinajstić information content (AvgIpc) is 2.54. The van der Waals surface area contributed by atoms with Gasteiger partial charge in [-0.1, -0.05) is 36.2 Å². The maximum Gasteiger partial charge on any atom is 0.330 e. The zero-order chi connectivity index (χ0) is 18.6. The Bertz CT molecular complexity index is 899. The molecule has 1 unspecified atom stereocenters. The van der Waals surface area contributed by atoms with Crippen LogP contribution in [0.5, 0.6) is 0 Å². The van der Waals surface area contributed by atoms with Gasteiger partial charge in [-0.3, -0.25) is 14.3 Å². The zero-order valence-corrected chi connectivity index (χ0v) is 15.0. The van der Waals surface area contributed by atoms with Gasteiger partial charge in [0, 0.05) is 12.2 Å². The summed E-state index contributed by atoms with van der Waals surface area (Å²) >= 11 is 0. The van der Waals surface area contributed by atoms with Crippen LogP contribution in [-0.4, -0.2) is 16.2 Å². The molecule has 6 nitrogen and oxygen atoms in total. The fourth-order valence-corrected chi connectivity index (χ4v) is 3.08. The van der Waals surface area contributed by atoms with E-state index >= 15 is 0 Å². The number of aromatic amines is 1. The van der Waals surface area contributed by atoms with E-state index in [1.807, 2.05) is 45.9 Å². The molecular weight excluding hydrogens is 318 g/mol. The molecule has 0 aliphatic carbocycles. The maximum atomic E-state index is 12.3. The molecule has 1 atom stereocenters. The second-order valence-electron chi connectivity index (χ2n) is 6.01. The number of aryl methyl sites for hydroxylation is 2. The summed E-state index contributed by atoms with van der Waals surface area (Å²) in [5, 5.41) is 9.85. The van der Waals surface area contributed by atoms with Gasteiger partial charge >= 0.3 is 5.69 Å². The molecule has 2 aromatic rings. The van der Waals surface area contributed by atoms with Crippen molar-refractivity contribution < 1.29 is 4.74 Å². The van der Waals surface area contributed by atoms with Crippen molar-refractivity contribution in [2.75, 3.05) is 6.61 Å². The number of aromatic nitrogens is 2. The van der Waals surface area contributed by atoms with Crippen LogP contribution >= 0.6 is 0 Å². The van der Waals surface area contributed by atoms with Gasteiger partial charge in [-0.25, -0.2) is 4.79 Å². The summed E-state index contributed by atoms with van der Waals surface area (Å²) in [6, 6.07) is 8.11. The lowest BCUT2D eigenvalue weighted by Gasteiger charge is -2.20. The lowest BCUT2D eigenvalue weighted by molar-refractivity contribution is 0.0818. The number of nitrogens with one attached hydrogen (secondary N) is 1. The first-order valence-electron chi connectivity index (χ1n) is 8.34. The van der Waals surface area contributed by atoms with Crippen molar-refractivity contribution in [1.82, 2.24) is 9.55 Å². The molecule has 2 rings (SSSR count). The Morgan fingerprint density at radius 3 is 2.36 bits per heavy atom. The molecule has 1 heterocycles. The summed E-state index contributed by atoms with van der Waals surface area (Å²) in [4.78, 5) is 26.9. The molecule has 0 spiro atoms. The number of hydrogen-bond acceptors (Lipinski definition) is 4. The Hall–Kier alpha value is -2.65. The quantitative estimate of drug-likeness (QED) is 0.873. The summed E-state index contributed by atoms with van der Waals surface area (Å²) in [5.41, 5.74) is 2.66. The van der Waals surface area contributed by atoms with Gasteiger partial charge < -0.3 is 4.74 Å². The largest absolute Gasteiger partial charge is 0.361 e. The Labute approximate surface area is 146 Å². The normalized spacial score (nSPS) is 12.0. The second-order valence-corrected chi connectivity index (χ2v) is 6.01. The number of ether oxygens (including phenoxy) is 1. The third kappa shape index (κ3) is 3.89. The Kier molecular flexibility index (Phi) is 5.94. The van der Waals surface area contributed by atoms with Crippen LogP contribution in [0.4, 0.5) is 0 Å². The molecule has 0 aliphatic heterocycles. The predicted octanol–water partition coefficient (Wildman–Crippen LogP) is 2.37. The van der Waals surface area contributed by atoms with E-state index in [0.29, 0.717) is 24.3 Å². The smallest absolute Gasteiger partial charge is 0.330 e. The van der Waals surface area contributed by atoms with Gasteiger partial charge in [-0.15, -0.1) is 0 Å². The van der Waals surface area contributed by atoms with Crippen molar-refractivity contribution in [2.45, 2.75) is 46.8 Å². The first kappa shape index (κ1) is 18.7. The summed E-state index contributed by atoms with van der Waals surface area (Å²) in [6.45, 7) is 7.99. The van der Waals surface area contributed by atoms with Crippen LogP contribution in [0.15, 0.2) is 27.8 Å². The highest BCUT2D eigenvalue weighted by molar-refractivity contribution is 5.41. The Morgan fingerprint density at radius 1 is 1.20 bits per heavy atom. The van der Waals surface area contributed by atoms with Crippen LogP contribution < -0.4 is 11.2 Å². The molecule has 0 amide bonds. The van der Waals surface area contributed by atoms with Gasteiger partial charge in [-0.05, 0) is 32.8 Å². The molecule has 0 fully saturated rings. The fourth-order valence-electron chi connectivity index (χ4n) is 3.08. The van der Waals surface area contributed by atoms with Gasteiger partial charge in [0.1, 0.15) is 12.6 Å². The fraction of sp³-hybridized carbons (Fsp3) is 0.421. The summed E-state index contributed by atoms with van der Waals surface area (Å²) < 4.78 is 6.75. The molecule has 6 heteroatoms. The van der Waals surface area contributed by atoms with Crippen molar-refractivity contribution in [2.24, 2.45) is 0 Å². The first-order valence-corrected chi connectivity index (χ1v) is 8.34. The van der Waals surface area contributed by atoms with Crippen LogP contribution in [0.1, 0.15) is 47.7 Å². The average molecular weight is 341 g/mol. The molecule has 0 bridgehead atoms. The molecule has 0 saturated carbocycles. The van der Waals surface area contributed by atoms with Crippen LogP contribution in [0.25, 0.3) is 0 Å². The van der Waals surface area contributed by atoms with E-state index in [-0.39, 0.29) is 6.73 Å². The van der Waals surface area contributed by atoms with E-state index < -0.39 is 17.2 Å². The number of hydrogen-bond donors (Lipinski definition) is 1. The van der Waals surface area contributed by atoms with E-state index in [4.69, 9.17) is 4.74 Å². The SMILES string of the molecule is CCOCn1c(C(C#N)c2cc(C)cc(C)c2)c(CC)c(=O)[nH]c1=O. The highest BCUT2D eigenvalue weighted by atomic mass is 16.5. The molecule has 0 saturated heterocycles. The molecule has 1 aromatic heterocycles. The maximum absolute atomic E-state index is 12.3. The summed E-state index contributed by atoms with van der Waals surface area (Å²) in [7, 11) is 0. The molecule has 25 heavy (non-hydrogen) atoms. The van der Waals surface area contributed by atoms with E-state index in [0.717, 1.165) is 16.7 Å². The zero-order valence-electron chi connectivity index (χ0n) is 15.0. The topological polar surface area (TPSA) is 87.9 Å². The van der Waals surface area contributed by atoms with Crippen molar-refractivity contribution in [3.63, 3.8) is 0 Å². The van der Waals surface area contributed by atoms with E-state index in [1.165, 1.54) is 4.57 Å². The third-order valence-corrected chi connectivity index (χ3v) is 4.10. The second kappa shape index (κ2) is 7.95. The van der Waals surface area contributed by atoms with Crippen molar-refractivity contribution in [1.29, 1.82) is 5.26 Å². The summed E-state index contributed by atoms with van der Waals surface area (Å²) in [6.07, 6.45) is 0.417. The highest BCUT2D eigenvalue weighted by Gasteiger charge is 2.24. The number of nitriles is 1. The molecular formula is C19H23N3O3. The van der Waals surface area contributed by atoms with E-state index in [2.05, 4.69) is 11.1 Å². The summed E-state index contributed by atoms with van der Waals surface area (Å²) in [5.74, 6) is -0.719. The Balaban J connectivity index is 2.78. The van der Waals surface area contributed by atoms with Crippen LogP contribution in [0.2, 0.25) is 0 Å². The number of rotatable bonds is 6. The predicted molar refractivity (Wildman–Crippen MR) is 95.7 cm³/mol. The minimum atomic E-state index is -0.719. The Morgan fingerprint density at radius 2 is 1.84 bits per heavy atom. The van der Waals surface area contributed by atoms with Gasteiger partial charge in [-0.2, -0.15) is 5.26 Å². The molecule has 1 N–H and O–H groups in total. The van der Waals surface area contributed by atoms with Crippen LogP contribution in [0.3, 0.4) is 0 Å². The lowest BCUT2D eigenvalue weighted by atomic mass is 9.90. The number of H-pyrrole nitrogens is 1. The van der Waals surface area contributed by atoms with Crippen molar-refractivity contribution in [3.05, 3.63) is 67.0 Å². The van der Waals surface area contributed by atoms with Gasteiger partial charge in [0.2, 0.25) is 0 Å². The third-order valence-electron chi connectivity index (χ3n) is 4.10. The standard InChI is InChI=1S/C19H23N3O3/c1-5-15-17(22(11-25-6-2)19(24)21-18(15)23)16(10-20)14-8-12(3)7-13(4)9-14/h7-9,16H,5-6,11H2,1-4H3,(H,21,23,24). The minimum Gasteiger partial charge on any atom is -0.361 e. The molecule has 1 aromatic carbocycles. The highest BCUT2D eigenvalue weighted by Crippen LogP contribution is 2.27. The molecule has 0 radical (unpaired) electrons. The van der Waals surface area contributed by atoms with Crippen LogP contribution in [-0.2, 0) is 17.9 Å². The van der Waals surface area contributed by atoms with Crippen molar-refractivity contribution in [3.8, 4) is 6.07 Å². The van der Waals surface area contributed by atoms with Crippen LogP contribution in [0, 0.1) is 25.2 Å². The molecule has 132 valence electrons. The monoisotopic (exact) mass is 341 g/mol. The number of nitrogens with zero attached hydrogens (tertiary/aromatic N) is 2. The van der Waals surface area contributed by atoms with Gasteiger partial charge in [0.15, 0.2) is 0 Å². The number of benzene rings is 1. The van der Waals surface area contributed by atoms with Crippen molar-refractivity contribution >= 4 is 0 Å². The minimum absolute atomic E-state index is 0.00256. The first-order chi connectivity index (χ1) is 11.9. The lowest BCUT2D eigenvalue weighted by Crippen LogP contribution is -2.37. The van der Waals surface area contributed by atoms with Gasteiger partial charge in [0.05, 0.1) is 11.8 Å². The van der Waals surface area contributed by atoms with E-state index in [1.54, 1.807) is 0 Å².